The van der Waals surface area contributed by atoms with Crippen molar-refractivity contribution in [1.29, 1.82) is 0 Å². The molecule has 0 aliphatic carbocycles. The number of nitro groups is 1. The average molecular weight is 307 g/mol. The molecule has 7 heteroatoms. The zero-order valence-electron chi connectivity index (χ0n) is 11.4. The van der Waals surface area contributed by atoms with E-state index in [0.717, 1.165) is 5.56 Å². The van der Waals surface area contributed by atoms with Crippen LogP contribution in [-0.2, 0) is 6.54 Å². The van der Waals surface area contributed by atoms with Crippen molar-refractivity contribution in [3.63, 3.8) is 0 Å². The highest BCUT2D eigenvalue weighted by atomic mass is 35.5. The van der Waals surface area contributed by atoms with E-state index in [2.05, 4.69) is 5.43 Å². The average Bonchev–Trinajstić information content (AvgIpc) is 2.46. The SMILES string of the molecule is CN(Cc1cccc(Cl)c1)c1cc(NN)cc([N+](=O)[O-])c1. The lowest BCUT2D eigenvalue weighted by Crippen LogP contribution is -2.17. The maximum atomic E-state index is 10.9. The number of hydrogen-bond donors (Lipinski definition) is 2. The van der Waals surface area contributed by atoms with E-state index in [1.54, 1.807) is 12.1 Å². The van der Waals surface area contributed by atoms with Crippen LogP contribution in [0.5, 0.6) is 0 Å². The molecule has 2 aromatic carbocycles. The Bertz CT molecular complexity index is 663. The summed E-state index contributed by atoms with van der Waals surface area (Å²) < 4.78 is 0. The van der Waals surface area contributed by atoms with Crippen LogP contribution >= 0.6 is 11.6 Å². The van der Waals surface area contributed by atoms with Crippen molar-refractivity contribution in [2.75, 3.05) is 17.4 Å². The lowest BCUT2D eigenvalue weighted by Gasteiger charge is -2.20. The fourth-order valence-electron chi connectivity index (χ4n) is 2.00. The summed E-state index contributed by atoms with van der Waals surface area (Å²) in [6.07, 6.45) is 0. The minimum atomic E-state index is -0.447. The monoisotopic (exact) mass is 306 g/mol. The van der Waals surface area contributed by atoms with Gasteiger partial charge in [0.05, 0.1) is 10.6 Å². The Morgan fingerprint density at radius 3 is 2.71 bits per heavy atom. The summed E-state index contributed by atoms with van der Waals surface area (Å²) in [5.74, 6) is 5.35. The van der Waals surface area contributed by atoms with E-state index in [-0.39, 0.29) is 5.69 Å². The van der Waals surface area contributed by atoms with Crippen LogP contribution in [0.1, 0.15) is 5.56 Å². The van der Waals surface area contributed by atoms with Gasteiger partial charge in [-0.2, -0.15) is 0 Å². The lowest BCUT2D eigenvalue weighted by atomic mass is 10.2. The van der Waals surface area contributed by atoms with Gasteiger partial charge in [0, 0.05) is 36.4 Å². The number of hydrazine groups is 1. The molecule has 2 aromatic rings. The Balaban J connectivity index is 2.27. The highest BCUT2D eigenvalue weighted by molar-refractivity contribution is 6.30. The smallest absolute Gasteiger partial charge is 0.273 e. The van der Waals surface area contributed by atoms with Crippen LogP contribution in [0, 0.1) is 10.1 Å². The minimum Gasteiger partial charge on any atom is -0.370 e. The summed E-state index contributed by atoms with van der Waals surface area (Å²) >= 11 is 5.95. The number of nitro benzene ring substituents is 1. The highest BCUT2D eigenvalue weighted by Gasteiger charge is 2.12. The third-order valence-electron chi connectivity index (χ3n) is 3.03. The molecule has 0 aromatic heterocycles. The third kappa shape index (κ3) is 3.84. The summed E-state index contributed by atoms with van der Waals surface area (Å²) in [6, 6.07) is 12.1. The van der Waals surface area contributed by atoms with Gasteiger partial charge in [-0.3, -0.25) is 16.0 Å². The standard InChI is InChI=1S/C14H15ClN4O2/c1-18(9-10-3-2-4-11(15)5-10)13-6-12(17-16)7-14(8-13)19(20)21/h2-8,17H,9,16H2,1H3. The van der Waals surface area contributed by atoms with Gasteiger partial charge >= 0.3 is 0 Å². The van der Waals surface area contributed by atoms with E-state index in [1.165, 1.54) is 12.1 Å². The number of nitrogen functional groups attached to an aromatic ring is 1. The molecule has 0 atom stereocenters. The summed E-state index contributed by atoms with van der Waals surface area (Å²) in [6.45, 7) is 0.575. The fraction of sp³-hybridized carbons (Fsp3) is 0.143. The van der Waals surface area contributed by atoms with Crippen LogP contribution in [0.2, 0.25) is 5.02 Å². The Kier molecular flexibility index (Phi) is 4.62. The Morgan fingerprint density at radius 1 is 1.33 bits per heavy atom. The van der Waals surface area contributed by atoms with Crippen LogP contribution < -0.4 is 16.2 Å². The molecule has 0 spiro atoms. The topological polar surface area (TPSA) is 84.4 Å². The van der Waals surface area contributed by atoms with Crippen molar-refractivity contribution in [2.24, 2.45) is 5.84 Å². The molecule has 0 saturated heterocycles. The molecule has 0 saturated carbocycles. The number of nitrogens with one attached hydrogen (secondary N) is 1. The van der Waals surface area contributed by atoms with E-state index in [4.69, 9.17) is 17.4 Å². The molecule has 0 amide bonds. The van der Waals surface area contributed by atoms with Crippen LogP contribution in [-0.4, -0.2) is 12.0 Å². The molecule has 21 heavy (non-hydrogen) atoms. The number of rotatable bonds is 5. The second kappa shape index (κ2) is 6.43. The normalized spacial score (nSPS) is 10.2. The molecule has 110 valence electrons. The maximum absolute atomic E-state index is 10.9. The van der Waals surface area contributed by atoms with Gasteiger partial charge in [-0.05, 0) is 23.8 Å². The first kappa shape index (κ1) is 15.1. The molecule has 0 bridgehead atoms. The van der Waals surface area contributed by atoms with Crippen molar-refractivity contribution in [1.82, 2.24) is 0 Å². The van der Waals surface area contributed by atoms with Gasteiger partial charge < -0.3 is 10.3 Å². The molecular formula is C14H15ClN4O2. The summed E-state index contributed by atoms with van der Waals surface area (Å²) in [5, 5.41) is 11.6. The zero-order chi connectivity index (χ0) is 15.4. The number of halogens is 1. The number of nitrogens with zero attached hydrogens (tertiary/aromatic N) is 2. The number of non-ortho nitro benzene ring substituents is 1. The maximum Gasteiger partial charge on any atom is 0.273 e. The molecule has 0 aliphatic heterocycles. The van der Waals surface area contributed by atoms with Crippen molar-refractivity contribution in [3.8, 4) is 0 Å². The Hall–Kier alpha value is -2.31. The van der Waals surface area contributed by atoms with E-state index >= 15 is 0 Å². The van der Waals surface area contributed by atoms with Gasteiger partial charge in [0.2, 0.25) is 0 Å². The van der Waals surface area contributed by atoms with Gasteiger partial charge in [0.15, 0.2) is 0 Å². The van der Waals surface area contributed by atoms with Crippen molar-refractivity contribution >= 4 is 28.7 Å². The number of nitrogens with two attached hydrogens (primary N) is 1. The summed E-state index contributed by atoms with van der Waals surface area (Å²) in [5.41, 5.74) is 4.61. The number of benzene rings is 2. The Labute approximate surface area is 127 Å². The van der Waals surface area contributed by atoms with Crippen LogP contribution in [0.3, 0.4) is 0 Å². The first-order chi connectivity index (χ1) is 9.99. The first-order valence-electron chi connectivity index (χ1n) is 6.21. The molecule has 0 unspecified atom stereocenters. The van der Waals surface area contributed by atoms with Crippen molar-refractivity contribution in [2.45, 2.75) is 6.54 Å². The number of hydrogen-bond acceptors (Lipinski definition) is 5. The van der Waals surface area contributed by atoms with Crippen LogP contribution in [0.15, 0.2) is 42.5 Å². The van der Waals surface area contributed by atoms with Crippen LogP contribution in [0.4, 0.5) is 17.1 Å². The molecule has 0 radical (unpaired) electrons. The second-order valence-corrected chi connectivity index (χ2v) is 5.06. The zero-order valence-corrected chi connectivity index (χ0v) is 12.2. The summed E-state index contributed by atoms with van der Waals surface area (Å²) in [7, 11) is 1.85. The largest absolute Gasteiger partial charge is 0.370 e. The Morgan fingerprint density at radius 2 is 2.10 bits per heavy atom. The molecule has 3 N–H and O–H groups in total. The predicted octanol–water partition coefficient (Wildman–Crippen LogP) is 3.17. The van der Waals surface area contributed by atoms with Crippen molar-refractivity contribution < 1.29 is 4.92 Å². The molecule has 2 rings (SSSR count). The molecule has 0 aliphatic rings. The minimum absolute atomic E-state index is 0.0154. The summed E-state index contributed by atoms with van der Waals surface area (Å²) in [4.78, 5) is 12.4. The molecular weight excluding hydrogens is 292 g/mol. The quantitative estimate of drug-likeness (QED) is 0.503. The molecule has 6 nitrogen and oxygen atoms in total. The molecule has 0 fully saturated rings. The highest BCUT2D eigenvalue weighted by Crippen LogP contribution is 2.27. The third-order valence-corrected chi connectivity index (χ3v) is 3.26. The predicted molar refractivity (Wildman–Crippen MR) is 84.5 cm³/mol. The van der Waals surface area contributed by atoms with Gasteiger partial charge in [0.1, 0.15) is 0 Å². The van der Waals surface area contributed by atoms with Crippen molar-refractivity contribution in [3.05, 3.63) is 63.2 Å². The number of anilines is 2. The van der Waals surface area contributed by atoms with E-state index in [1.807, 2.05) is 30.1 Å². The first-order valence-corrected chi connectivity index (χ1v) is 6.59. The molecule has 0 heterocycles. The van der Waals surface area contributed by atoms with Gasteiger partial charge in [0.25, 0.3) is 5.69 Å². The second-order valence-electron chi connectivity index (χ2n) is 4.63. The fourth-order valence-corrected chi connectivity index (χ4v) is 2.22. The van der Waals surface area contributed by atoms with E-state index < -0.39 is 4.92 Å². The van der Waals surface area contributed by atoms with Gasteiger partial charge in [-0.1, -0.05) is 23.7 Å². The van der Waals surface area contributed by atoms with E-state index in [0.29, 0.717) is 22.9 Å². The van der Waals surface area contributed by atoms with Gasteiger partial charge in [-0.15, -0.1) is 0 Å². The van der Waals surface area contributed by atoms with Gasteiger partial charge in [-0.25, -0.2) is 0 Å². The van der Waals surface area contributed by atoms with Crippen LogP contribution in [0.25, 0.3) is 0 Å². The lowest BCUT2D eigenvalue weighted by molar-refractivity contribution is -0.384. The van der Waals surface area contributed by atoms with E-state index in [9.17, 15) is 10.1 Å².